The molecule has 0 radical (unpaired) electrons. The predicted molar refractivity (Wildman–Crippen MR) is 96.5 cm³/mol. The molecule has 0 spiro atoms. The van der Waals surface area contributed by atoms with Gasteiger partial charge in [-0.15, -0.1) is 0 Å². The number of rotatable bonds is 5. The molecule has 0 unspecified atom stereocenters. The molecular formula is C20H23FN2O2. The normalized spacial score (nSPS) is 14.5. The number of nitrogens with zero attached hydrogens (tertiary/aromatic N) is 2. The summed E-state index contributed by atoms with van der Waals surface area (Å²) in [6.07, 6.45) is 0.984. The largest absolute Gasteiger partial charge is 0.484 e. The quantitative estimate of drug-likeness (QED) is 0.837. The second-order valence-corrected chi connectivity index (χ2v) is 6.13. The van der Waals surface area contributed by atoms with Gasteiger partial charge in [0.25, 0.3) is 5.91 Å². The molecule has 1 amide bonds. The van der Waals surface area contributed by atoms with Crippen LogP contribution in [0.2, 0.25) is 0 Å². The van der Waals surface area contributed by atoms with Gasteiger partial charge in [-0.25, -0.2) is 4.39 Å². The van der Waals surface area contributed by atoms with Crippen molar-refractivity contribution >= 4 is 11.6 Å². The summed E-state index contributed by atoms with van der Waals surface area (Å²) in [6, 6.07) is 14.3. The molecule has 0 saturated carbocycles. The van der Waals surface area contributed by atoms with Gasteiger partial charge in [0.05, 0.1) is 0 Å². The van der Waals surface area contributed by atoms with Crippen molar-refractivity contribution in [3.63, 3.8) is 0 Å². The highest BCUT2D eigenvalue weighted by molar-refractivity contribution is 5.78. The summed E-state index contributed by atoms with van der Waals surface area (Å²) in [5.41, 5.74) is 2.23. The number of hydrogen-bond acceptors (Lipinski definition) is 3. The van der Waals surface area contributed by atoms with Crippen molar-refractivity contribution in [1.82, 2.24) is 4.90 Å². The Balaban J connectivity index is 1.47. The molecule has 1 aliphatic heterocycles. The van der Waals surface area contributed by atoms with Crippen molar-refractivity contribution in [2.45, 2.75) is 13.3 Å². The zero-order chi connectivity index (χ0) is 17.6. The lowest BCUT2D eigenvalue weighted by Gasteiger charge is -2.36. The number of carbonyl (C=O) groups excluding carboxylic acids is 1. The van der Waals surface area contributed by atoms with E-state index >= 15 is 0 Å². The molecule has 3 rings (SSSR count). The number of hydrogen-bond donors (Lipinski definition) is 0. The van der Waals surface area contributed by atoms with Gasteiger partial charge in [-0.1, -0.05) is 19.1 Å². The van der Waals surface area contributed by atoms with Crippen molar-refractivity contribution in [1.29, 1.82) is 0 Å². The van der Waals surface area contributed by atoms with Gasteiger partial charge in [0.1, 0.15) is 11.6 Å². The van der Waals surface area contributed by atoms with E-state index in [1.165, 1.54) is 17.7 Å². The molecule has 0 aliphatic carbocycles. The van der Waals surface area contributed by atoms with Gasteiger partial charge >= 0.3 is 0 Å². The topological polar surface area (TPSA) is 32.8 Å². The SMILES string of the molecule is CCc1ccc(OCC(=O)N2CCN(c3ccc(F)cc3)CC2)cc1. The number of halogens is 1. The predicted octanol–water partition coefficient (Wildman–Crippen LogP) is 3.12. The fourth-order valence-electron chi connectivity index (χ4n) is 2.92. The van der Waals surface area contributed by atoms with Gasteiger partial charge in [-0.2, -0.15) is 0 Å². The van der Waals surface area contributed by atoms with Gasteiger partial charge in [0.2, 0.25) is 0 Å². The molecule has 0 atom stereocenters. The van der Waals surface area contributed by atoms with Crippen LogP contribution < -0.4 is 9.64 Å². The zero-order valence-corrected chi connectivity index (χ0v) is 14.5. The molecule has 5 heteroatoms. The standard InChI is InChI=1S/C20H23FN2O2/c1-2-16-3-9-19(10-4-16)25-15-20(24)23-13-11-22(12-14-23)18-7-5-17(21)6-8-18/h3-10H,2,11-15H2,1H3. The van der Waals surface area contributed by atoms with Crippen LogP contribution in [-0.2, 0) is 11.2 Å². The minimum Gasteiger partial charge on any atom is -0.484 e. The lowest BCUT2D eigenvalue weighted by atomic mass is 10.2. The van der Waals surface area contributed by atoms with Crippen molar-refractivity contribution < 1.29 is 13.9 Å². The van der Waals surface area contributed by atoms with E-state index in [-0.39, 0.29) is 18.3 Å². The highest BCUT2D eigenvalue weighted by atomic mass is 19.1. The summed E-state index contributed by atoms with van der Waals surface area (Å²) in [7, 11) is 0. The molecule has 1 fully saturated rings. The molecule has 2 aromatic rings. The molecule has 0 N–H and O–H groups in total. The maximum atomic E-state index is 13.0. The third-order valence-electron chi connectivity index (χ3n) is 4.52. The number of amides is 1. The number of ether oxygens (including phenoxy) is 1. The summed E-state index contributed by atoms with van der Waals surface area (Å²) >= 11 is 0. The molecule has 0 bridgehead atoms. The number of anilines is 1. The van der Waals surface area contributed by atoms with Crippen LogP contribution in [0.5, 0.6) is 5.75 Å². The van der Waals surface area contributed by atoms with E-state index < -0.39 is 0 Å². The Morgan fingerprint density at radius 1 is 1.00 bits per heavy atom. The summed E-state index contributed by atoms with van der Waals surface area (Å²) in [6.45, 7) is 4.93. The van der Waals surface area contributed by atoms with E-state index in [0.717, 1.165) is 30.9 Å². The molecule has 1 aliphatic rings. The van der Waals surface area contributed by atoms with Crippen LogP contribution in [0.4, 0.5) is 10.1 Å². The Labute approximate surface area is 147 Å². The lowest BCUT2D eigenvalue weighted by molar-refractivity contribution is -0.133. The maximum absolute atomic E-state index is 13.0. The first kappa shape index (κ1) is 17.3. The van der Waals surface area contributed by atoms with Crippen LogP contribution in [0.15, 0.2) is 48.5 Å². The van der Waals surface area contributed by atoms with Crippen molar-refractivity contribution in [3.05, 3.63) is 59.9 Å². The van der Waals surface area contributed by atoms with E-state index in [4.69, 9.17) is 4.74 Å². The monoisotopic (exact) mass is 342 g/mol. The van der Waals surface area contributed by atoms with Crippen molar-refractivity contribution in [3.8, 4) is 5.75 Å². The molecule has 1 saturated heterocycles. The minimum absolute atomic E-state index is 0.00155. The Morgan fingerprint density at radius 2 is 1.64 bits per heavy atom. The first-order chi connectivity index (χ1) is 12.2. The molecular weight excluding hydrogens is 319 g/mol. The number of carbonyl (C=O) groups is 1. The Bertz CT molecular complexity index is 693. The molecule has 0 aromatic heterocycles. The van der Waals surface area contributed by atoms with E-state index in [1.807, 2.05) is 29.2 Å². The van der Waals surface area contributed by atoms with Crippen LogP contribution >= 0.6 is 0 Å². The van der Waals surface area contributed by atoms with Gasteiger partial charge in [0.15, 0.2) is 6.61 Å². The number of piperazine rings is 1. The average Bonchev–Trinajstić information content (AvgIpc) is 2.67. The smallest absolute Gasteiger partial charge is 0.260 e. The third-order valence-corrected chi connectivity index (χ3v) is 4.52. The average molecular weight is 342 g/mol. The molecule has 132 valence electrons. The lowest BCUT2D eigenvalue weighted by Crippen LogP contribution is -2.50. The summed E-state index contributed by atoms with van der Waals surface area (Å²) in [5, 5.41) is 0. The van der Waals surface area contributed by atoms with E-state index in [1.54, 1.807) is 12.1 Å². The fraction of sp³-hybridized carbons (Fsp3) is 0.350. The van der Waals surface area contributed by atoms with Crippen LogP contribution in [-0.4, -0.2) is 43.6 Å². The van der Waals surface area contributed by atoms with Crippen LogP contribution in [0.3, 0.4) is 0 Å². The molecule has 2 aromatic carbocycles. The summed E-state index contributed by atoms with van der Waals surface area (Å²) in [4.78, 5) is 16.3. The first-order valence-electron chi connectivity index (χ1n) is 8.65. The number of benzene rings is 2. The number of aryl methyl sites for hydroxylation is 1. The Morgan fingerprint density at radius 3 is 2.24 bits per heavy atom. The van der Waals surface area contributed by atoms with Gasteiger partial charge < -0.3 is 14.5 Å². The third kappa shape index (κ3) is 4.50. The van der Waals surface area contributed by atoms with E-state index in [2.05, 4.69) is 11.8 Å². The van der Waals surface area contributed by atoms with Crippen molar-refractivity contribution in [2.75, 3.05) is 37.7 Å². The Hall–Kier alpha value is -2.56. The van der Waals surface area contributed by atoms with Gasteiger partial charge in [-0.3, -0.25) is 4.79 Å². The van der Waals surface area contributed by atoms with Crippen LogP contribution in [0.25, 0.3) is 0 Å². The minimum atomic E-state index is -0.235. The van der Waals surface area contributed by atoms with Gasteiger partial charge in [-0.05, 0) is 48.4 Å². The van der Waals surface area contributed by atoms with E-state index in [9.17, 15) is 9.18 Å². The highest BCUT2D eigenvalue weighted by Gasteiger charge is 2.21. The van der Waals surface area contributed by atoms with Gasteiger partial charge in [0, 0.05) is 31.9 Å². The van der Waals surface area contributed by atoms with E-state index in [0.29, 0.717) is 13.1 Å². The molecule has 25 heavy (non-hydrogen) atoms. The highest BCUT2D eigenvalue weighted by Crippen LogP contribution is 2.17. The molecule has 4 nitrogen and oxygen atoms in total. The second kappa shape index (κ2) is 8.01. The second-order valence-electron chi connectivity index (χ2n) is 6.13. The molecule has 1 heterocycles. The van der Waals surface area contributed by atoms with Crippen LogP contribution in [0.1, 0.15) is 12.5 Å². The summed E-state index contributed by atoms with van der Waals surface area (Å²) < 4.78 is 18.6. The maximum Gasteiger partial charge on any atom is 0.260 e. The fourth-order valence-corrected chi connectivity index (χ4v) is 2.92. The van der Waals surface area contributed by atoms with Crippen LogP contribution in [0, 0.1) is 5.82 Å². The summed E-state index contributed by atoms with van der Waals surface area (Å²) in [5.74, 6) is 0.482. The Kier molecular flexibility index (Phi) is 5.53. The zero-order valence-electron chi connectivity index (χ0n) is 14.5. The van der Waals surface area contributed by atoms with Crippen molar-refractivity contribution in [2.24, 2.45) is 0 Å². The first-order valence-corrected chi connectivity index (χ1v) is 8.65.